The Morgan fingerprint density at radius 3 is 2.68 bits per heavy atom. The second-order valence-corrected chi connectivity index (χ2v) is 7.39. The number of anilines is 1. The highest BCUT2D eigenvalue weighted by Crippen LogP contribution is 2.20. The van der Waals surface area contributed by atoms with Crippen molar-refractivity contribution in [3.05, 3.63) is 29.8 Å². The molecule has 1 aromatic carbocycles. The molecule has 1 N–H and O–H groups in total. The molecule has 0 aliphatic heterocycles. The Hall–Kier alpha value is -2.07. The maximum atomic E-state index is 12.1. The van der Waals surface area contributed by atoms with Gasteiger partial charge >= 0.3 is 0 Å². The van der Waals surface area contributed by atoms with E-state index in [0.717, 1.165) is 36.2 Å². The van der Waals surface area contributed by atoms with Gasteiger partial charge in [0.1, 0.15) is 6.54 Å². The fourth-order valence-electron chi connectivity index (χ4n) is 2.60. The molecule has 0 atom stereocenters. The molecular weight excluding hydrogens is 302 g/mol. The van der Waals surface area contributed by atoms with Crippen molar-refractivity contribution in [1.82, 2.24) is 5.32 Å². The Labute approximate surface area is 130 Å². The number of hydrogen-bond acceptors (Lipinski definition) is 4. The van der Waals surface area contributed by atoms with E-state index < -0.39 is 10.0 Å². The van der Waals surface area contributed by atoms with Crippen molar-refractivity contribution in [3.63, 3.8) is 0 Å². The maximum Gasteiger partial charge on any atom is 0.240 e. The van der Waals surface area contributed by atoms with Crippen molar-refractivity contribution in [1.29, 1.82) is 5.26 Å². The van der Waals surface area contributed by atoms with E-state index in [9.17, 15) is 13.2 Å². The van der Waals surface area contributed by atoms with Gasteiger partial charge in [0.15, 0.2) is 0 Å². The van der Waals surface area contributed by atoms with Gasteiger partial charge in [-0.1, -0.05) is 18.9 Å². The fourth-order valence-corrected chi connectivity index (χ4v) is 3.45. The second-order valence-electron chi connectivity index (χ2n) is 5.48. The standard InChI is InChI=1S/C15H19N3O3S/c1-22(20,21)18(14-8-4-5-12(9-14)10-16)11-15(19)17-13-6-2-3-7-13/h4-5,8-9,13H,2-3,6-7,11H2,1H3,(H,17,19). The highest BCUT2D eigenvalue weighted by molar-refractivity contribution is 7.92. The Kier molecular flexibility index (Phi) is 5.03. The van der Waals surface area contributed by atoms with E-state index in [4.69, 9.17) is 5.26 Å². The quantitative estimate of drug-likeness (QED) is 0.887. The number of carbonyl (C=O) groups is 1. The number of amides is 1. The van der Waals surface area contributed by atoms with Crippen molar-refractivity contribution >= 4 is 21.6 Å². The summed E-state index contributed by atoms with van der Waals surface area (Å²) < 4.78 is 25.0. The van der Waals surface area contributed by atoms with Crippen LogP contribution in [0.2, 0.25) is 0 Å². The third-order valence-electron chi connectivity index (χ3n) is 3.67. The monoisotopic (exact) mass is 321 g/mol. The average molecular weight is 321 g/mol. The van der Waals surface area contributed by atoms with Crippen LogP contribution in [-0.2, 0) is 14.8 Å². The summed E-state index contributed by atoms with van der Waals surface area (Å²) in [4.78, 5) is 12.1. The number of hydrogen-bond donors (Lipinski definition) is 1. The van der Waals surface area contributed by atoms with E-state index in [1.165, 1.54) is 6.07 Å². The number of carbonyl (C=O) groups excluding carboxylic acids is 1. The Bertz CT molecular complexity index is 688. The molecule has 0 unspecified atom stereocenters. The topological polar surface area (TPSA) is 90.3 Å². The minimum atomic E-state index is -3.61. The predicted molar refractivity (Wildman–Crippen MR) is 83.7 cm³/mol. The highest BCUT2D eigenvalue weighted by atomic mass is 32.2. The van der Waals surface area contributed by atoms with E-state index in [1.807, 2.05) is 6.07 Å². The van der Waals surface area contributed by atoms with E-state index in [1.54, 1.807) is 18.2 Å². The lowest BCUT2D eigenvalue weighted by molar-refractivity contribution is -0.120. The number of sulfonamides is 1. The minimum absolute atomic E-state index is 0.138. The third kappa shape index (κ3) is 4.21. The normalized spacial score (nSPS) is 15.3. The van der Waals surface area contributed by atoms with Crippen molar-refractivity contribution in [3.8, 4) is 6.07 Å². The van der Waals surface area contributed by atoms with Crippen molar-refractivity contribution < 1.29 is 13.2 Å². The molecule has 2 rings (SSSR count). The van der Waals surface area contributed by atoms with Crippen LogP contribution >= 0.6 is 0 Å². The van der Waals surface area contributed by atoms with Gasteiger partial charge in [-0.05, 0) is 31.0 Å². The molecule has 1 saturated carbocycles. The molecule has 1 aliphatic carbocycles. The molecule has 0 saturated heterocycles. The van der Waals surface area contributed by atoms with E-state index >= 15 is 0 Å². The molecule has 118 valence electrons. The summed E-state index contributed by atoms with van der Waals surface area (Å²) >= 11 is 0. The average Bonchev–Trinajstić information content (AvgIpc) is 2.96. The van der Waals surface area contributed by atoms with E-state index in [2.05, 4.69) is 5.32 Å². The summed E-state index contributed by atoms with van der Waals surface area (Å²) in [6.45, 7) is -0.274. The fraction of sp³-hybridized carbons (Fsp3) is 0.467. The van der Waals surface area contributed by atoms with Crippen LogP contribution in [0, 0.1) is 11.3 Å². The number of nitrogens with zero attached hydrogens (tertiary/aromatic N) is 2. The van der Waals surface area contributed by atoms with Crippen LogP contribution in [0.4, 0.5) is 5.69 Å². The predicted octanol–water partition coefficient (Wildman–Crippen LogP) is 1.38. The maximum absolute atomic E-state index is 12.1. The Morgan fingerprint density at radius 1 is 1.41 bits per heavy atom. The summed E-state index contributed by atoms with van der Waals surface area (Å²) in [5.41, 5.74) is 0.672. The molecule has 0 radical (unpaired) electrons. The van der Waals surface area contributed by atoms with Gasteiger partial charge in [0.2, 0.25) is 15.9 Å². The summed E-state index contributed by atoms with van der Waals surface area (Å²) in [5, 5.41) is 11.8. The smallest absolute Gasteiger partial charge is 0.240 e. The van der Waals surface area contributed by atoms with E-state index in [-0.39, 0.29) is 18.5 Å². The zero-order valence-corrected chi connectivity index (χ0v) is 13.3. The Balaban J connectivity index is 2.16. The van der Waals surface area contributed by atoms with Crippen LogP contribution in [0.1, 0.15) is 31.2 Å². The summed E-state index contributed by atoms with van der Waals surface area (Å²) in [7, 11) is -3.61. The van der Waals surface area contributed by atoms with Gasteiger partial charge in [-0.3, -0.25) is 9.10 Å². The molecule has 7 heteroatoms. The van der Waals surface area contributed by atoms with Crippen LogP contribution < -0.4 is 9.62 Å². The first kappa shape index (κ1) is 16.3. The first-order chi connectivity index (χ1) is 10.4. The molecule has 1 aromatic rings. The van der Waals surface area contributed by atoms with Gasteiger partial charge in [-0.15, -0.1) is 0 Å². The summed E-state index contributed by atoms with van der Waals surface area (Å²) in [6.07, 6.45) is 5.11. The number of nitrogens with one attached hydrogen (secondary N) is 1. The van der Waals surface area contributed by atoms with Crippen LogP contribution in [0.3, 0.4) is 0 Å². The summed E-state index contributed by atoms with van der Waals surface area (Å²) in [6, 6.07) is 8.32. The second kappa shape index (κ2) is 6.79. The molecule has 6 nitrogen and oxygen atoms in total. The van der Waals surface area contributed by atoms with Gasteiger partial charge in [0.25, 0.3) is 0 Å². The molecule has 22 heavy (non-hydrogen) atoms. The van der Waals surface area contributed by atoms with Crippen LogP contribution in [0.5, 0.6) is 0 Å². The minimum Gasteiger partial charge on any atom is -0.352 e. The zero-order valence-electron chi connectivity index (χ0n) is 12.4. The van der Waals surface area contributed by atoms with Crippen LogP contribution in [0.25, 0.3) is 0 Å². The highest BCUT2D eigenvalue weighted by Gasteiger charge is 2.23. The van der Waals surface area contributed by atoms with Crippen LogP contribution in [-0.4, -0.2) is 33.2 Å². The third-order valence-corrected chi connectivity index (χ3v) is 4.81. The van der Waals surface area contributed by atoms with Gasteiger partial charge in [-0.2, -0.15) is 5.26 Å². The first-order valence-corrected chi connectivity index (χ1v) is 9.02. The lowest BCUT2D eigenvalue weighted by atomic mass is 10.2. The molecule has 0 bridgehead atoms. The van der Waals surface area contributed by atoms with Gasteiger partial charge in [0.05, 0.1) is 23.6 Å². The summed E-state index contributed by atoms with van der Waals surface area (Å²) in [5.74, 6) is -0.320. The molecule has 0 aromatic heterocycles. The van der Waals surface area contributed by atoms with Crippen LogP contribution in [0.15, 0.2) is 24.3 Å². The number of rotatable bonds is 5. The SMILES string of the molecule is CS(=O)(=O)N(CC(=O)NC1CCCC1)c1cccc(C#N)c1. The van der Waals surface area contributed by atoms with Gasteiger partial charge in [0, 0.05) is 6.04 Å². The first-order valence-electron chi connectivity index (χ1n) is 7.17. The molecular formula is C15H19N3O3S. The number of nitriles is 1. The lowest BCUT2D eigenvalue weighted by Crippen LogP contribution is -2.43. The molecule has 0 spiro atoms. The number of benzene rings is 1. The zero-order chi connectivity index (χ0) is 16.2. The molecule has 0 heterocycles. The molecule has 1 amide bonds. The van der Waals surface area contributed by atoms with Crippen molar-refractivity contribution in [2.24, 2.45) is 0 Å². The van der Waals surface area contributed by atoms with Crippen molar-refractivity contribution in [2.75, 3.05) is 17.1 Å². The molecule has 1 fully saturated rings. The Morgan fingerprint density at radius 2 is 2.09 bits per heavy atom. The molecule has 1 aliphatic rings. The van der Waals surface area contributed by atoms with Gasteiger partial charge in [-0.25, -0.2) is 8.42 Å². The largest absolute Gasteiger partial charge is 0.352 e. The van der Waals surface area contributed by atoms with Gasteiger partial charge < -0.3 is 5.32 Å². The van der Waals surface area contributed by atoms with E-state index in [0.29, 0.717) is 11.3 Å². The van der Waals surface area contributed by atoms with Crippen molar-refractivity contribution in [2.45, 2.75) is 31.7 Å². The lowest BCUT2D eigenvalue weighted by Gasteiger charge is -2.23.